The van der Waals surface area contributed by atoms with E-state index in [4.69, 9.17) is 21.1 Å². The number of amides is 3. The molecule has 1 aliphatic heterocycles. The van der Waals surface area contributed by atoms with Crippen LogP contribution in [-0.2, 0) is 19.8 Å². The van der Waals surface area contributed by atoms with Gasteiger partial charge in [0.05, 0.1) is 13.2 Å². The molecule has 0 radical (unpaired) electrons. The van der Waals surface area contributed by atoms with Crippen molar-refractivity contribution < 1.29 is 23.9 Å². The maximum atomic E-state index is 12.8. The number of rotatable bonds is 4. The molecule has 1 aromatic rings. The Labute approximate surface area is 145 Å². The third-order valence-electron chi connectivity index (χ3n) is 3.82. The zero-order chi connectivity index (χ0) is 17.9. The standard InChI is InChI=1S/C16H19ClN2O5/c1-4-16(11-9-7-8-10-12(11)17)13(20)18(14(21)23-5-2)19(16)15(22)24-6-3/h7-10H,4-6H2,1-3H3/t16-/m0/s1. The molecular formula is C16H19ClN2O5. The zero-order valence-corrected chi connectivity index (χ0v) is 14.5. The lowest BCUT2D eigenvalue weighted by molar-refractivity contribution is -0.203. The van der Waals surface area contributed by atoms with Gasteiger partial charge in [0, 0.05) is 10.6 Å². The first kappa shape index (κ1) is 18.1. The maximum Gasteiger partial charge on any atom is 0.436 e. The summed E-state index contributed by atoms with van der Waals surface area (Å²) < 4.78 is 9.88. The molecule has 7 nitrogen and oxygen atoms in total. The topological polar surface area (TPSA) is 76.2 Å². The summed E-state index contributed by atoms with van der Waals surface area (Å²) in [6.45, 7) is 5.15. The number of nitrogens with zero attached hydrogens (tertiary/aromatic N) is 2. The lowest BCUT2D eigenvalue weighted by Gasteiger charge is -2.54. The van der Waals surface area contributed by atoms with Crippen molar-refractivity contribution in [3.05, 3.63) is 34.9 Å². The Kier molecular flexibility index (Phi) is 5.33. The van der Waals surface area contributed by atoms with E-state index in [0.717, 1.165) is 5.01 Å². The molecule has 24 heavy (non-hydrogen) atoms. The Morgan fingerprint density at radius 1 is 1.08 bits per heavy atom. The molecule has 1 aliphatic rings. The molecule has 130 valence electrons. The molecule has 0 N–H and O–H groups in total. The van der Waals surface area contributed by atoms with Gasteiger partial charge in [-0.3, -0.25) is 4.79 Å². The molecule has 1 aromatic carbocycles. The first-order valence-electron chi connectivity index (χ1n) is 7.68. The average Bonchev–Trinajstić information content (AvgIpc) is 2.55. The van der Waals surface area contributed by atoms with Crippen molar-refractivity contribution in [2.45, 2.75) is 32.7 Å². The molecule has 0 spiro atoms. The summed E-state index contributed by atoms with van der Waals surface area (Å²) in [6, 6.07) is 6.70. The van der Waals surface area contributed by atoms with Crippen LogP contribution < -0.4 is 0 Å². The van der Waals surface area contributed by atoms with E-state index in [2.05, 4.69) is 0 Å². The van der Waals surface area contributed by atoms with Crippen LogP contribution in [0.25, 0.3) is 0 Å². The van der Waals surface area contributed by atoms with Crippen molar-refractivity contribution in [3.8, 4) is 0 Å². The number of hydrogen-bond acceptors (Lipinski definition) is 5. The molecule has 0 aromatic heterocycles. The lowest BCUT2D eigenvalue weighted by atomic mass is 9.81. The molecule has 2 rings (SSSR count). The normalized spacial score (nSPS) is 19.8. The predicted octanol–water partition coefficient (Wildman–Crippen LogP) is 3.32. The van der Waals surface area contributed by atoms with Crippen LogP contribution in [-0.4, -0.2) is 41.3 Å². The number of halogens is 1. The van der Waals surface area contributed by atoms with Gasteiger partial charge in [0.25, 0.3) is 5.91 Å². The van der Waals surface area contributed by atoms with Gasteiger partial charge in [0.2, 0.25) is 0 Å². The fraction of sp³-hybridized carbons (Fsp3) is 0.438. The SMILES string of the molecule is CCOC(=O)N1C(=O)[C@](CC)(c2ccccc2Cl)N1C(=O)OCC. The van der Waals surface area contributed by atoms with E-state index in [1.807, 2.05) is 0 Å². The molecule has 1 heterocycles. The predicted molar refractivity (Wildman–Crippen MR) is 86.2 cm³/mol. The highest BCUT2D eigenvalue weighted by Crippen LogP contribution is 2.46. The highest BCUT2D eigenvalue weighted by atomic mass is 35.5. The molecule has 3 amide bonds. The van der Waals surface area contributed by atoms with Gasteiger partial charge in [-0.1, -0.05) is 36.7 Å². The Morgan fingerprint density at radius 2 is 1.67 bits per heavy atom. The number of benzene rings is 1. The van der Waals surface area contributed by atoms with E-state index in [-0.39, 0.29) is 19.6 Å². The molecule has 0 aliphatic carbocycles. The van der Waals surface area contributed by atoms with Crippen LogP contribution in [0.5, 0.6) is 0 Å². The molecule has 0 bridgehead atoms. The number of hydrogen-bond donors (Lipinski definition) is 0. The monoisotopic (exact) mass is 354 g/mol. The van der Waals surface area contributed by atoms with Crippen LogP contribution in [0, 0.1) is 0 Å². The minimum atomic E-state index is -1.39. The summed E-state index contributed by atoms with van der Waals surface area (Å²) in [7, 11) is 0. The largest absolute Gasteiger partial charge is 0.448 e. The summed E-state index contributed by atoms with van der Waals surface area (Å²) >= 11 is 6.24. The second kappa shape index (κ2) is 7.09. The van der Waals surface area contributed by atoms with Crippen LogP contribution in [0.15, 0.2) is 24.3 Å². The minimum Gasteiger partial charge on any atom is -0.448 e. The van der Waals surface area contributed by atoms with E-state index in [1.54, 1.807) is 45.0 Å². The molecular weight excluding hydrogens is 336 g/mol. The smallest absolute Gasteiger partial charge is 0.436 e. The summed E-state index contributed by atoms with van der Waals surface area (Å²) in [5.74, 6) is -0.579. The number of carbonyl (C=O) groups is 3. The summed E-state index contributed by atoms with van der Waals surface area (Å²) in [5.41, 5.74) is -0.954. The molecule has 0 unspecified atom stereocenters. The van der Waals surface area contributed by atoms with Crippen molar-refractivity contribution in [2.24, 2.45) is 0 Å². The first-order chi connectivity index (χ1) is 11.4. The van der Waals surface area contributed by atoms with Crippen molar-refractivity contribution in [3.63, 3.8) is 0 Å². The Bertz CT molecular complexity index is 666. The summed E-state index contributed by atoms with van der Waals surface area (Å²) in [5, 5.41) is 1.97. The number of ether oxygens (including phenoxy) is 2. The van der Waals surface area contributed by atoms with Gasteiger partial charge in [-0.2, -0.15) is 5.01 Å². The van der Waals surface area contributed by atoms with Gasteiger partial charge in [-0.15, -0.1) is 5.01 Å². The van der Waals surface area contributed by atoms with Crippen LogP contribution in [0.4, 0.5) is 9.59 Å². The van der Waals surface area contributed by atoms with E-state index >= 15 is 0 Å². The van der Waals surface area contributed by atoms with Crippen molar-refractivity contribution in [1.82, 2.24) is 10.0 Å². The average molecular weight is 355 g/mol. The van der Waals surface area contributed by atoms with E-state index in [0.29, 0.717) is 15.6 Å². The van der Waals surface area contributed by atoms with Crippen molar-refractivity contribution in [2.75, 3.05) is 13.2 Å². The summed E-state index contributed by atoms with van der Waals surface area (Å²) in [4.78, 5) is 37.3. The van der Waals surface area contributed by atoms with Crippen molar-refractivity contribution >= 4 is 29.7 Å². The third kappa shape index (κ3) is 2.58. The quantitative estimate of drug-likeness (QED) is 0.829. The van der Waals surface area contributed by atoms with E-state index in [9.17, 15) is 14.4 Å². The van der Waals surface area contributed by atoms with Crippen LogP contribution in [0.2, 0.25) is 5.02 Å². The van der Waals surface area contributed by atoms with Gasteiger partial charge in [0.1, 0.15) is 0 Å². The van der Waals surface area contributed by atoms with E-state index in [1.165, 1.54) is 0 Å². The number of carbonyl (C=O) groups excluding carboxylic acids is 3. The van der Waals surface area contributed by atoms with Gasteiger partial charge in [0.15, 0.2) is 5.54 Å². The molecule has 1 atom stereocenters. The van der Waals surface area contributed by atoms with E-state index < -0.39 is 23.6 Å². The fourth-order valence-electron chi connectivity index (χ4n) is 2.77. The van der Waals surface area contributed by atoms with Gasteiger partial charge in [-0.25, -0.2) is 9.59 Å². The van der Waals surface area contributed by atoms with Gasteiger partial charge in [-0.05, 0) is 26.3 Å². The molecule has 0 saturated carbocycles. The van der Waals surface area contributed by atoms with Crippen LogP contribution in [0.1, 0.15) is 32.8 Å². The molecule has 1 fully saturated rings. The fourth-order valence-corrected chi connectivity index (χ4v) is 3.06. The van der Waals surface area contributed by atoms with Gasteiger partial charge < -0.3 is 9.47 Å². The second-order valence-electron chi connectivity index (χ2n) is 5.02. The van der Waals surface area contributed by atoms with Crippen LogP contribution in [0.3, 0.4) is 0 Å². The van der Waals surface area contributed by atoms with Gasteiger partial charge >= 0.3 is 12.2 Å². The van der Waals surface area contributed by atoms with Crippen LogP contribution >= 0.6 is 11.6 Å². The number of hydrazine groups is 1. The molecule has 1 saturated heterocycles. The maximum absolute atomic E-state index is 12.8. The minimum absolute atomic E-state index is 0.0739. The Hall–Kier alpha value is -2.28. The Balaban J connectivity index is 2.53. The number of imide groups is 1. The summed E-state index contributed by atoms with van der Waals surface area (Å²) in [6.07, 6.45) is -1.51. The third-order valence-corrected chi connectivity index (χ3v) is 4.15. The first-order valence-corrected chi connectivity index (χ1v) is 8.06. The molecule has 8 heteroatoms. The lowest BCUT2D eigenvalue weighted by Crippen LogP contribution is -2.77. The highest BCUT2D eigenvalue weighted by molar-refractivity contribution is 6.32. The van der Waals surface area contributed by atoms with Crippen molar-refractivity contribution in [1.29, 1.82) is 0 Å². The zero-order valence-electron chi connectivity index (χ0n) is 13.7. The Morgan fingerprint density at radius 3 is 2.21 bits per heavy atom. The second-order valence-corrected chi connectivity index (χ2v) is 5.43. The highest BCUT2D eigenvalue weighted by Gasteiger charge is 2.66.